The van der Waals surface area contributed by atoms with Crippen molar-refractivity contribution in [3.05, 3.63) is 79.1 Å². The van der Waals surface area contributed by atoms with E-state index in [-0.39, 0.29) is 5.91 Å². The van der Waals surface area contributed by atoms with E-state index >= 15 is 0 Å². The Hall–Kier alpha value is -3.94. The van der Waals surface area contributed by atoms with E-state index in [4.69, 9.17) is 0 Å². The smallest absolute Gasteiger partial charge is 0.256 e. The zero-order valence-corrected chi connectivity index (χ0v) is 13.5. The zero-order chi connectivity index (χ0) is 17.8. The molecule has 0 aliphatic heterocycles. The average molecular weight is 343 g/mol. The maximum absolute atomic E-state index is 12.6. The van der Waals surface area contributed by atoms with Crippen LogP contribution in [0.4, 0.5) is 5.82 Å². The Labute approximate surface area is 148 Å². The minimum atomic E-state index is -0.277. The van der Waals surface area contributed by atoms with Gasteiger partial charge in [0, 0.05) is 48.3 Å². The highest BCUT2D eigenvalue weighted by atomic mass is 16.1. The highest BCUT2D eigenvalue weighted by Crippen LogP contribution is 2.27. The number of hydrogen-bond donors (Lipinski definition) is 1. The van der Waals surface area contributed by atoms with Gasteiger partial charge < -0.3 is 5.32 Å². The van der Waals surface area contributed by atoms with Gasteiger partial charge in [0.15, 0.2) is 5.82 Å². The van der Waals surface area contributed by atoms with Crippen molar-refractivity contribution in [3.63, 3.8) is 0 Å². The first-order valence-corrected chi connectivity index (χ1v) is 7.81. The van der Waals surface area contributed by atoms with Gasteiger partial charge in [0.2, 0.25) is 0 Å². The van der Waals surface area contributed by atoms with E-state index in [1.807, 2.05) is 12.1 Å². The van der Waals surface area contributed by atoms with Gasteiger partial charge in [0.05, 0.1) is 5.69 Å². The third-order valence-electron chi connectivity index (χ3n) is 3.71. The molecule has 0 atom stereocenters. The van der Waals surface area contributed by atoms with Crippen molar-refractivity contribution in [3.8, 4) is 16.9 Å². The molecule has 126 valence electrons. The molecule has 4 aromatic heterocycles. The van der Waals surface area contributed by atoms with E-state index in [0.717, 1.165) is 11.3 Å². The van der Waals surface area contributed by atoms with E-state index < -0.39 is 0 Å². The van der Waals surface area contributed by atoms with Gasteiger partial charge in [-0.1, -0.05) is 5.21 Å². The molecule has 0 saturated carbocycles. The van der Waals surface area contributed by atoms with Crippen molar-refractivity contribution in [2.45, 2.75) is 0 Å². The number of pyridine rings is 3. The molecule has 8 heteroatoms. The molecule has 0 bridgehead atoms. The Balaban J connectivity index is 1.80. The number of nitrogens with one attached hydrogen (secondary N) is 1. The number of rotatable bonds is 4. The number of amides is 1. The van der Waals surface area contributed by atoms with Crippen LogP contribution in [0.25, 0.3) is 16.9 Å². The van der Waals surface area contributed by atoms with Crippen LogP contribution in [0.2, 0.25) is 0 Å². The van der Waals surface area contributed by atoms with E-state index in [1.54, 1.807) is 66.1 Å². The lowest BCUT2D eigenvalue weighted by Gasteiger charge is -2.10. The summed E-state index contributed by atoms with van der Waals surface area (Å²) in [5, 5.41) is 11.4. The summed E-state index contributed by atoms with van der Waals surface area (Å²) >= 11 is 0. The minimum absolute atomic E-state index is 0.277. The molecule has 0 saturated heterocycles. The summed E-state index contributed by atoms with van der Waals surface area (Å²) < 4.78 is 1.57. The number of hydrogen-bond acceptors (Lipinski definition) is 6. The number of carbonyl (C=O) groups is 1. The summed E-state index contributed by atoms with van der Waals surface area (Å²) in [6, 6.07) is 10.5. The lowest BCUT2D eigenvalue weighted by molar-refractivity contribution is 0.102. The summed E-state index contributed by atoms with van der Waals surface area (Å²) in [5.41, 5.74) is 2.57. The van der Waals surface area contributed by atoms with Crippen molar-refractivity contribution in [1.82, 2.24) is 29.9 Å². The van der Waals surface area contributed by atoms with Crippen LogP contribution in [0.3, 0.4) is 0 Å². The predicted molar refractivity (Wildman–Crippen MR) is 94.6 cm³/mol. The Morgan fingerprint density at radius 3 is 2.04 bits per heavy atom. The number of nitrogens with zero attached hydrogens (tertiary/aromatic N) is 6. The van der Waals surface area contributed by atoms with Crippen molar-refractivity contribution >= 4 is 11.7 Å². The fraction of sp³-hybridized carbons (Fsp3) is 0. The third kappa shape index (κ3) is 3.03. The van der Waals surface area contributed by atoms with Crippen LogP contribution in [0.5, 0.6) is 0 Å². The van der Waals surface area contributed by atoms with E-state index in [1.165, 1.54) is 0 Å². The molecule has 0 unspecified atom stereocenters. The molecule has 0 aliphatic carbocycles. The van der Waals surface area contributed by atoms with Crippen LogP contribution in [0, 0.1) is 0 Å². The first-order chi connectivity index (χ1) is 12.8. The second kappa shape index (κ2) is 6.89. The highest BCUT2D eigenvalue weighted by molar-refractivity contribution is 6.05. The number of carbonyl (C=O) groups excluding carboxylic acids is 1. The predicted octanol–water partition coefficient (Wildman–Crippen LogP) is 2.37. The van der Waals surface area contributed by atoms with Gasteiger partial charge >= 0.3 is 0 Å². The molecule has 0 aromatic carbocycles. The molecule has 8 nitrogen and oxygen atoms in total. The van der Waals surface area contributed by atoms with Gasteiger partial charge in [0.25, 0.3) is 5.91 Å². The maximum atomic E-state index is 12.6. The molecule has 0 aliphatic rings. The normalized spacial score (nSPS) is 10.5. The Morgan fingerprint density at radius 2 is 1.38 bits per heavy atom. The molecule has 26 heavy (non-hydrogen) atoms. The van der Waals surface area contributed by atoms with Crippen LogP contribution >= 0.6 is 0 Å². The van der Waals surface area contributed by atoms with Crippen LogP contribution in [-0.2, 0) is 0 Å². The van der Waals surface area contributed by atoms with Gasteiger partial charge in [-0.3, -0.25) is 19.7 Å². The van der Waals surface area contributed by atoms with Gasteiger partial charge in [-0.25, -0.2) is 0 Å². The molecule has 0 spiro atoms. The number of anilines is 1. The summed E-state index contributed by atoms with van der Waals surface area (Å²) in [5.74, 6) is 0.185. The molecule has 1 N–H and O–H groups in total. The molecule has 0 radical (unpaired) electrons. The summed E-state index contributed by atoms with van der Waals surface area (Å²) in [6.07, 6.45) is 9.76. The monoisotopic (exact) mass is 343 g/mol. The van der Waals surface area contributed by atoms with E-state index in [9.17, 15) is 4.79 Å². The van der Waals surface area contributed by atoms with Gasteiger partial charge in [-0.15, -0.1) is 5.10 Å². The molecular weight excluding hydrogens is 330 g/mol. The first-order valence-electron chi connectivity index (χ1n) is 7.81. The van der Waals surface area contributed by atoms with Crippen LogP contribution in [0.15, 0.2) is 73.6 Å². The largest absolute Gasteiger partial charge is 0.305 e. The fourth-order valence-corrected chi connectivity index (χ4v) is 2.45. The van der Waals surface area contributed by atoms with Gasteiger partial charge in [-0.05, 0) is 36.4 Å². The summed E-state index contributed by atoms with van der Waals surface area (Å²) in [6.45, 7) is 0. The summed E-state index contributed by atoms with van der Waals surface area (Å²) in [7, 11) is 0. The molecule has 4 heterocycles. The quantitative estimate of drug-likeness (QED) is 0.611. The Morgan fingerprint density at radius 1 is 0.808 bits per heavy atom. The van der Waals surface area contributed by atoms with Crippen molar-refractivity contribution < 1.29 is 4.79 Å². The lowest BCUT2D eigenvalue weighted by atomic mass is 10.2. The molecule has 4 rings (SSSR count). The molecule has 4 aromatic rings. The maximum Gasteiger partial charge on any atom is 0.256 e. The first kappa shape index (κ1) is 15.6. The van der Waals surface area contributed by atoms with Crippen LogP contribution in [-0.4, -0.2) is 35.9 Å². The van der Waals surface area contributed by atoms with Crippen molar-refractivity contribution in [1.29, 1.82) is 0 Å². The molecular formula is C18H13N7O. The fourth-order valence-electron chi connectivity index (χ4n) is 2.45. The second-order valence-corrected chi connectivity index (χ2v) is 5.33. The summed E-state index contributed by atoms with van der Waals surface area (Å²) in [4.78, 5) is 24.6. The van der Waals surface area contributed by atoms with Crippen molar-refractivity contribution in [2.24, 2.45) is 0 Å². The highest BCUT2D eigenvalue weighted by Gasteiger charge is 2.19. The Bertz CT molecular complexity index is 960. The topological polar surface area (TPSA) is 98.5 Å². The van der Waals surface area contributed by atoms with Crippen LogP contribution < -0.4 is 5.32 Å². The zero-order valence-electron chi connectivity index (χ0n) is 13.5. The van der Waals surface area contributed by atoms with E-state index in [0.29, 0.717) is 17.1 Å². The van der Waals surface area contributed by atoms with E-state index in [2.05, 4.69) is 30.6 Å². The van der Waals surface area contributed by atoms with Gasteiger partial charge in [0.1, 0.15) is 5.69 Å². The number of aromatic nitrogens is 6. The molecule has 1 amide bonds. The Kier molecular flexibility index (Phi) is 4.13. The van der Waals surface area contributed by atoms with Crippen LogP contribution in [0.1, 0.15) is 10.4 Å². The van der Waals surface area contributed by atoms with Crippen molar-refractivity contribution in [2.75, 3.05) is 5.32 Å². The second-order valence-electron chi connectivity index (χ2n) is 5.33. The van der Waals surface area contributed by atoms with Gasteiger partial charge in [-0.2, -0.15) is 4.68 Å². The SMILES string of the molecule is O=C(Nc1c(-c2ccncc2)nnn1-c1ccncc1)c1ccncc1. The lowest BCUT2D eigenvalue weighted by Crippen LogP contribution is -2.15. The average Bonchev–Trinajstić information content (AvgIpc) is 3.13. The third-order valence-corrected chi connectivity index (χ3v) is 3.71. The minimum Gasteiger partial charge on any atom is -0.305 e. The standard InChI is InChI=1S/C18H13N7O/c26-18(14-3-9-20-10-4-14)22-17-16(13-1-7-19-8-2-13)23-24-25(17)15-5-11-21-12-6-15/h1-12H,(H,22,26). The molecule has 0 fully saturated rings.